The van der Waals surface area contributed by atoms with E-state index in [0.29, 0.717) is 25.2 Å². The van der Waals surface area contributed by atoms with Crippen LogP contribution in [0.1, 0.15) is 25.8 Å². The maximum atomic E-state index is 9.09. The molecular formula is C15H23NO3. The van der Waals surface area contributed by atoms with Crippen LogP contribution in [0.4, 0.5) is 0 Å². The van der Waals surface area contributed by atoms with Crippen molar-refractivity contribution in [3.63, 3.8) is 0 Å². The summed E-state index contributed by atoms with van der Waals surface area (Å²) in [4.78, 5) is 0. The molecule has 2 rings (SSSR count). The number of para-hydroxylation sites is 1. The molecule has 2 N–H and O–H groups in total. The number of hydrogen-bond donors (Lipinski definition) is 2. The van der Waals surface area contributed by atoms with E-state index in [2.05, 4.69) is 25.2 Å². The summed E-state index contributed by atoms with van der Waals surface area (Å²) in [5.41, 5.74) is 1.11. The van der Waals surface area contributed by atoms with Crippen molar-refractivity contribution in [3.8, 4) is 11.5 Å². The van der Waals surface area contributed by atoms with Gasteiger partial charge in [0.1, 0.15) is 13.2 Å². The summed E-state index contributed by atoms with van der Waals surface area (Å²) in [5, 5.41) is 12.6. The first-order valence-corrected chi connectivity index (χ1v) is 6.94. The van der Waals surface area contributed by atoms with E-state index in [1.54, 1.807) is 0 Å². The summed E-state index contributed by atoms with van der Waals surface area (Å²) in [5.74, 6) is 2.17. The highest BCUT2D eigenvalue weighted by Crippen LogP contribution is 2.33. The molecule has 1 heterocycles. The molecule has 1 aromatic rings. The van der Waals surface area contributed by atoms with Gasteiger partial charge in [-0.25, -0.2) is 0 Å². The van der Waals surface area contributed by atoms with Crippen molar-refractivity contribution in [1.82, 2.24) is 5.32 Å². The fraction of sp³-hybridized carbons (Fsp3) is 0.600. The van der Waals surface area contributed by atoms with Gasteiger partial charge in [-0.05, 0) is 18.4 Å². The Morgan fingerprint density at radius 1 is 1.26 bits per heavy atom. The molecule has 1 aromatic carbocycles. The second-order valence-corrected chi connectivity index (χ2v) is 5.19. The van der Waals surface area contributed by atoms with Crippen molar-refractivity contribution in [2.75, 3.05) is 19.8 Å². The van der Waals surface area contributed by atoms with Gasteiger partial charge in [0.15, 0.2) is 11.5 Å². The Morgan fingerprint density at radius 3 is 2.79 bits per heavy atom. The predicted molar refractivity (Wildman–Crippen MR) is 74.6 cm³/mol. The second-order valence-electron chi connectivity index (χ2n) is 5.19. The smallest absolute Gasteiger partial charge is 0.165 e. The van der Waals surface area contributed by atoms with Gasteiger partial charge < -0.3 is 19.9 Å². The summed E-state index contributed by atoms with van der Waals surface area (Å²) in [6.45, 7) is 6.48. The van der Waals surface area contributed by atoms with Gasteiger partial charge in [0, 0.05) is 24.8 Å². The molecule has 0 saturated carbocycles. The summed E-state index contributed by atoms with van der Waals surface area (Å²) < 4.78 is 11.3. The molecular weight excluding hydrogens is 242 g/mol. The largest absolute Gasteiger partial charge is 0.486 e. The lowest BCUT2D eigenvalue weighted by atomic mass is 10.0. The number of nitrogens with one attached hydrogen (secondary N) is 1. The molecule has 4 heteroatoms. The van der Waals surface area contributed by atoms with Gasteiger partial charge in [0.25, 0.3) is 0 Å². The van der Waals surface area contributed by atoms with Crippen LogP contribution in [0.5, 0.6) is 11.5 Å². The van der Waals surface area contributed by atoms with Crippen LogP contribution in [0, 0.1) is 5.92 Å². The molecule has 0 saturated heterocycles. The summed E-state index contributed by atoms with van der Waals surface area (Å²) >= 11 is 0. The Bertz CT molecular complexity index is 406. The predicted octanol–water partition coefficient (Wildman–Crippen LogP) is 1.95. The van der Waals surface area contributed by atoms with Crippen LogP contribution in [0.3, 0.4) is 0 Å². The van der Waals surface area contributed by atoms with Crippen molar-refractivity contribution in [2.45, 2.75) is 32.9 Å². The van der Waals surface area contributed by atoms with Crippen molar-refractivity contribution in [2.24, 2.45) is 5.92 Å². The second kappa shape index (κ2) is 6.78. The lowest BCUT2D eigenvalue weighted by molar-refractivity contribution is 0.169. The number of rotatable bonds is 6. The number of hydrogen-bond acceptors (Lipinski definition) is 4. The zero-order valence-electron chi connectivity index (χ0n) is 11.7. The minimum Gasteiger partial charge on any atom is -0.486 e. The van der Waals surface area contributed by atoms with Crippen LogP contribution >= 0.6 is 0 Å². The van der Waals surface area contributed by atoms with Crippen LogP contribution < -0.4 is 14.8 Å². The van der Waals surface area contributed by atoms with Crippen molar-refractivity contribution >= 4 is 0 Å². The number of fused-ring (bicyclic) bond motifs is 1. The SMILES string of the molecule is CC(C)C(CCO)NCc1cccc2c1OCCO2. The minimum atomic E-state index is 0.211. The first kappa shape index (κ1) is 14.2. The Morgan fingerprint density at radius 2 is 2.05 bits per heavy atom. The third-order valence-corrected chi connectivity index (χ3v) is 3.45. The van der Waals surface area contributed by atoms with E-state index in [4.69, 9.17) is 14.6 Å². The van der Waals surface area contributed by atoms with E-state index in [1.165, 1.54) is 0 Å². The summed E-state index contributed by atoms with van der Waals surface area (Å²) in [6, 6.07) is 6.29. The fourth-order valence-electron chi connectivity index (χ4n) is 2.32. The van der Waals surface area contributed by atoms with Gasteiger partial charge in [-0.1, -0.05) is 26.0 Å². The van der Waals surface area contributed by atoms with Crippen molar-refractivity contribution in [3.05, 3.63) is 23.8 Å². The number of aliphatic hydroxyl groups excluding tert-OH is 1. The maximum Gasteiger partial charge on any atom is 0.165 e. The molecule has 4 nitrogen and oxygen atoms in total. The van der Waals surface area contributed by atoms with Gasteiger partial charge in [-0.15, -0.1) is 0 Å². The highest BCUT2D eigenvalue weighted by atomic mass is 16.6. The Hall–Kier alpha value is -1.26. The highest BCUT2D eigenvalue weighted by molar-refractivity contribution is 5.47. The maximum absolute atomic E-state index is 9.09. The lowest BCUT2D eigenvalue weighted by Gasteiger charge is -2.24. The van der Waals surface area contributed by atoms with Crippen molar-refractivity contribution < 1.29 is 14.6 Å². The topological polar surface area (TPSA) is 50.7 Å². The molecule has 0 radical (unpaired) electrons. The van der Waals surface area contributed by atoms with E-state index in [-0.39, 0.29) is 6.61 Å². The molecule has 19 heavy (non-hydrogen) atoms. The average Bonchev–Trinajstić information content (AvgIpc) is 2.43. The Labute approximate surface area is 114 Å². The number of aliphatic hydroxyl groups is 1. The third-order valence-electron chi connectivity index (χ3n) is 3.45. The molecule has 0 aliphatic carbocycles. The molecule has 0 fully saturated rings. The van der Waals surface area contributed by atoms with Gasteiger partial charge >= 0.3 is 0 Å². The van der Waals surface area contributed by atoms with Gasteiger partial charge in [-0.3, -0.25) is 0 Å². The van der Waals surface area contributed by atoms with Gasteiger partial charge in [0.05, 0.1) is 0 Å². The van der Waals surface area contributed by atoms with E-state index in [1.807, 2.05) is 12.1 Å². The van der Waals surface area contributed by atoms with E-state index in [9.17, 15) is 0 Å². The molecule has 1 unspecified atom stereocenters. The zero-order chi connectivity index (χ0) is 13.7. The first-order chi connectivity index (χ1) is 9.22. The average molecular weight is 265 g/mol. The Kier molecular flexibility index (Phi) is 5.05. The van der Waals surface area contributed by atoms with Gasteiger partial charge in [0.2, 0.25) is 0 Å². The molecule has 1 atom stereocenters. The summed E-state index contributed by atoms with van der Waals surface area (Å²) in [7, 11) is 0. The van der Waals surface area contributed by atoms with E-state index < -0.39 is 0 Å². The van der Waals surface area contributed by atoms with Gasteiger partial charge in [-0.2, -0.15) is 0 Å². The van der Waals surface area contributed by atoms with E-state index >= 15 is 0 Å². The quantitative estimate of drug-likeness (QED) is 0.825. The molecule has 0 amide bonds. The van der Waals surface area contributed by atoms with Crippen LogP contribution in [0.15, 0.2) is 18.2 Å². The third kappa shape index (κ3) is 3.61. The monoisotopic (exact) mass is 265 g/mol. The highest BCUT2D eigenvalue weighted by Gasteiger charge is 2.17. The van der Waals surface area contributed by atoms with Crippen LogP contribution in [-0.2, 0) is 6.54 Å². The summed E-state index contributed by atoms with van der Waals surface area (Å²) in [6.07, 6.45) is 0.768. The van der Waals surface area contributed by atoms with Crippen LogP contribution in [0.2, 0.25) is 0 Å². The van der Waals surface area contributed by atoms with Crippen molar-refractivity contribution in [1.29, 1.82) is 0 Å². The number of benzene rings is 1. The normalized spacial score (nSPS) is 15.6. The standard InChI is InChI=1S/C15H23NO3/c1-11(2)13(6-7-17)16-10-12-4-3-5-14-15(12)19-9-8-18-14/h3-5,11,13,16-17H,6-10H2,1-2H3. The molecule has 1 aliphatic heterocycles. The number of ether oxygens (including phenoxy) is 2. The molecule has 0 spiro atoms. The molecule has 106 valence electrons. The molecule has 0 aromatic heterocycles. The fourth-order valence-corrected chi connectivity index (χ4v) is 2.32. The first-order valence-electron chi connectivity index (χ1n) is 6.94. The van der Waals surface area contributed by atoms with Crippen LogP contribution in [0.25, 0.3) is 0 Å². The minimum absolute atomic E-state index is 0.211. The lowest BCUT2D eigenvalue weighted by Crippen LogP contribution is -2.34. The Balaban J connectivity index is 2.02. The van der Waals surface area contributed by atoms with Crippen LogP contribution in [-0.4, -0.2) is 31.0 Å². The zero-order valence-corrected chi connectivity index (χ0v) is 11.7. The molecule has 0 bridgehead atoms. The molecule has 1 aliphatic rings. The van der Waals surface area contributed by atoms with E-state index in [0.717, 1.165) is 30.0 Å².